The molecule has 4 nitrogen and oxygen atoms in total. The Balaban J connectivity index is 1.38. The van der Waals surface area contributed by atoms with E-state index in [9.17, 15) is 4.79 Å². The number of hydrogen-bond donors (Lipinski definition) is 0. The number of rotatable bonds is 2. The normalized spacial score (nSPS) is 28.5. The van der Waals surface area contributed by atoms with Crippen molar-refractivity contribution in [2.75, 3.05) is 39.4 Å². The van der Waals surface area contributed by atoms with Gasteiger partial charge < -0.3 is 9.64 Å². The number of ether oxygens (including phenoxy) is 1. The Labute approximate surface area is 136 Å². The summed E-state index contributed by atoms with van der Waals surface area (Å²) in [6.07, 6.45) is 5.02. The van der Waals surface area contributed by atoms with Crippen LogP contribution in [0.1, 0.15) is 36.0 Å². The molecule has 22 heavy (non-hydrogen) atoms. The molecule has 0 N–H and O–H groups in total. The molecule has 1 atom stereocenters. The van der Waals surface area contributed by atoms with E-state index in [-0.39, 0.29) is 5.91 Å². The van der Waals surface area contributed by atoms with Gasteiger partial charge in [0.25, 0.3) is 5.91 Å². The molecule has 3 fully saturated rings. The van der Waals surface area contributed by atoms with Crippen LogP contribution in [0.3, 0.4) is 0 Å². The van der Waals surface area contributed by atoms with E-state index in [1.807, 2.05) is 16.8 Å². The van der Waals surface area contributed by atoms with Crippen LogP contribution in [0.4, 0.5) is 0 Å². The number of likely N-dealkylation sites (tertiary alicyclic amines) is 1. The molecule has 0 aromatic carbocycles. The number of hydrogen-bond acceptors (Lipinski definition) is 4. The summed E-state index contributed by atoms with van der Waals surface area (Å²) in [6.45, 7) is 5.80. The molecule has 1 aromatic heterocycles. The first kappa shape index (κ1) is 14.7. The molecule has 2 saturated heterocycles. The highest BCUT2D eigenvalue weighted by Gasteiger charge is 2.50. The van der Waals surface area contributed by atoms with Gasteiger partial charge in [-0.2, -0.15) is 11.3 Å². The largest absolute Gasteiger partial charge is 0.379 e. The van der Waals surface area contributed by atoms with Gasteiger partial charge in [0.2, 0.25) is 0 Å². The second-order valence-corrected chi connectivity index (χ2v) is 7.65. The van der Waals surface area contributed by atoms with Gasteiger partial charge in [-0.15, -0.1) is 0 Å². The number of carbonyl (C=O) groups is 1. The smallest absolute Gasteiger partial charge is 0.254 e. The fourth-order valence-corrected chi connectivity index (χ4v) is 5.08. The Morgan fingerprint density at radius 3 is 2.55 bits per heavy atom. The van der Waals surface area contributed by atoms with Crippen LogP contribution in [-0.4, -0.2) is 61.1 Å². The average molecular weight is 320 g/mol. The SMILES string of the molecule is O=C(c1ccsc1)N1CCC2(CC[C@@H]2N2CCOCC2)CC1. The summed E-state index contributed by atoms with van der Waals surface area (Å²) in [4.78, 5) is 17.2. The quantitative estimate of drug-likeness (QED) is 0.839. The Morgan fingerprint density at radius 2 is 1.95 bits per heavy atom. The molecule has 3 heterocycles. The van der Waals surface area contributed by atoms with Crippen LogP contribution in [0.25, 0.3) is 0 Å². The van der Waals surface area contributed by atoms with E-state index in [0.717, 1.165) is 51.0 Å². The average Bonchev–Trinajstić information content (AvgIpc) is 3.09. The highest BCUT2D eigenvalue weighted by atomic mass is 32.1. The topological polar surface area (TPSA) is 32.8 Å². The van der Waals surface area contributed by atoms with Gasteiger partial charge in [-0.3, -0.25) is 9.69 Å². The molecule has 1 spiro atoms. The van der Waals surface area contributed by atoms with Crippen molar-refractivity contribution in [3.8, 4) is 0 Å². The zero-order chi connectivity index (χ0) is 15.0. The van der Waals surface area contributed by atoms with Crippen molar-refractivity contribution in [2.45, 2.75) is 31.7 Å². The highest BCUT2D eigenvalue weighted by Crippen LogP contribution is 2.51. The fourth-order valence-electron chi connectivity index (χ4n) is 4.45. The number of piperidine rings is 1. The monoisotopic (exact) mass is 320 g/mol. The van der Waals surface area contributed by atoms with Crippen molar-refractivity contribution in [2.24, 2.45) is 5.41 Å². The first-order valence-electron chi connectivity index (χ1n) is 8.42. The first-order valence-corrected chi connectivity index (χ1v) is 9.36. The second kappa shape index (κ2) is 5.95. The number of amides is 1. The lowest BCUT2D eigenvalue weighted by Gasteiger charge is -2.58. The highest BCUT2D eigenvalue weighted by molar-refractivity contribution is 7.08. The van der Waals surface area contributed by atoms with Crippen LogP contribution in [0, 0.1) is 5.41 Å². The summed E-state index contributed by atoms with van der Waals surface area (Å²) in [7, 11) is 0. The molecule has 3 aliphatic rings. The summed E-state index contributed by atoms with van der Waals surface area (Å²) < 4.78 is 5.49. The van der Waals surface area contributed by atoms with Crippen molar-refractivity contribution < 1.29 is 9.53 Å². The lowest BCUT2D eigenvalue weighted by Crippen LogP contribution is -2.61. The molecule has 1 aliphatic carbocycles. The van der Waals surface area contributed by atoms with E-state index in [2.05, 4.69) is 9.80 Å². The zero-order valence-electron chi connectivity index (χ0n) is 13.0. The minimum absolute atomic E-state index is 0.221. The van der Waals surface area contributed by atoms with Crippen LogP contribution in [0.2, 0.25) is 0 Å². The van der Waals surface area contributed by atoms with Crippen LogP contribution in [-0.2, 0) is 4.74 Å². The Morgan fingerprint density at radius 1 is 1.18 bits per heavy atom. The third-order valence-electron chi connectivity index (χ3n) is 5.92. The first-order chi connectivity index (χ1) is 10.8. The summed E-state index contributed by atoms with van der Waals surface area (Å²) in [5.74, 6) is 0.221. The summed E-state index contributed by atoms with van der Waals surface area (Å²) in [5, 5.41) is 3.95. The van der Waals surface area contributed by atoms with Crippen LogP contribution in [0.5, 0.6) is 0 Å². The second-order valence-electron chi connectivity index (χ2n) is 6.87. The van der Waals surface area contributed by atoms with Crippen molar-refractivity contribution in [1.82, 2.24) is 9.80 Å². The molecular weight excluding hydrogens is 296 g/mol. The lowest BCUT2D eigenvalue weighted by atomic mass is 9.58. The molecule has 2 aliphatic heterocycles. The van der Waals surface area contributed by atoms with E-state index in [1.165, 1.54) is 25.7 Å². The number of nitrogens with zero attached hydrogens (tertiary/aromatic N) is 2. The maximum atomic E-state index is 12.5. The minimum Gasteiger partial charge on any atom is -0.379 e. The number of thiophene rings is 1. The van der Waals surface area contributed by atoms with Crippen LogP contribution >= 0.6 is 11.3 Å². The molecule has 1 saturated carbocycles. The molecule has 0 radical (unpaired) electrons. The van der Waals surface area contributed by atoms with E-state index in [1.54, 1.807) is 11.3 Å². The van der Waals surface area contributed by atoms with Crippen molar-refractivity contribution in [1.29, 1.82) is 0 Å². The van der Waals surface area contributed by atoms with Crippen LogP contribution in [0.15, 0.2) is 16.8 Å². The van der Waals surface area contributed by atoms with E-state index >= 15 is 0 Å². The van der Waals surface area contributed by atoms with Gasteiger partial charge in [0, 0.05) is 37.6 Å². The summed E-state index contributed by atoms with van der Waals surface area (Å²) in [5.41, 5.74) is 1.34. The molecular formula is C17H24N2O2S. The summed E-state index contributed by atoms with van der Waals surface area (Å²) >= 11 is 1.60. The van der Waals surface area contributed by atoms with Gasteiger partial charge in [-0.25, -0.2) is 0 Å². The third kappa shape index (κ3) is 2.49. The molecule has 5 heteroatoms. The van der Waals surface area contributed by atoms with Crippen molar-refractivity contribution in [3.63, 3.8) is 0 Å². The summed E-state index contributed by atoms with van der Waals surface area (Å²) in [6, 6.07) is 2.67. The predicted octanol–water partition coefficient (Wildman–Crippen LogP) is 2.47. The molecule has 0 unspecified atom stereocenters. The lowest BCUT2D eigenvalue weighted by molar-refractivity contribution is -0.0937. The van der Waals surface area contributed by atoms with Crippen LogP contribution < -0.4 is 0 Å². The molecule has 1 amide bonds. The van der Waals surface area contributed by atoms with E-state index in [4.69, 9.17) is 4.74 Å². The molecule has 0 bridgehead atoms. The van der Waals surface area contributed by atoms with Gasteiger partial charge in [0.1, 0.15) is 0 Å². The zero-order valence-corrected chi connectivity index (χ0v) is 13.8. The van der Waals surface area contributed by atoms with E-state index in [0.29, 0.717) is 5.41 Å². The van der Waals surface area contributed by atoms with Gasteiger partial charge in [0.15, 0.2) is 0 Å². The van der Waals surface area contributed by atoms with Crippen molar-refractivity contribution >= 4 is 17.2 Å². The maximum absolute atomic E-state index is 12.5. The molecule has 120 valence electrons. The predicted molar refractivity (Wildman–Crippen MR) is 87.3 cm³/mol. The van der Waals surface area contributed by atoms with E-state index < -0.39 is 0 Å². The Kier molecular flexibility index (Phi) is 3.96. The standard InChI is InChI=1S/C17H24N2O2S/c20-16(14-2-12-22-13-14)19-6-4-17(5-7-19)3-1-15(17)18-8-10-21-11-9-18/h2,12-13,15H,1,3-11H2/t15-/m0/s1. The molecule has 4 rings (SSSR count). The maximum Gasteiger partial charge on any atom is 0.254 e. The van der Waals surface area contributed by atoms with Gasteiger partial charge in [0.05, 0.1) is 18.8 Å². The van der Waals surface area contributed by atoms with Gasteiger partial charge in [-0.1, -0.05) is 0 Å². The number of carbonyl (C=O) groups excluding carboxylic acids is 1. The minimum atomic E-state index is 0.221. The third-order valence-corrected chi connectivity index (χ3v) is 6.61. The Bertz CT molecular complexity index is 517. The number of morpholine rings is 1. The van der Waals surface area contributed by atoms with Crippen molar-refractivity contribution in [3.05, 3.63) is 22.4 Å². The van der Waals surface area contributed by atoms with Gasteiger partial charge in [-0.05, 0) is 42.5 Å². The Hall–Kier alpha value is -0.910. The fraction of sp³-hybridized carbons (Fsp3) is 0.706. The van der Waals surface area contributed by atoms with Gasteiger partial charge >= 0.3 is 0 Å². The molecule has 1 aromatic rings.